The molecule has 0 spiro atoms. The van der Waals surface area contributed by atoms with Crippen molar-refractivity contribution in [3.8, 4) is 11.5 Å². The summed E-state index contributed by atoms with van der Waals surface area (Å²) in [5, 5.41) is 3.01. The second-order valence-electron chi connectivity index (χ2n) is 5.21. The molecule has 0 fully saturated rings. The van der Waals surface area contributed by atoms with Gasteiger partial charge in [-0.05, 0) is 58.2 Å². The van der Waals surface area contributed by atoms with Gasteiger partial charge < -0.3 is 14.8 Å². The lowest BCUT2D eigenvalue weighted by atomic mass is 10.1. The van der Waals surface area contributed by atoms with Crippen molar-refractivity contribution >= 4 is 21.8 Å². The number of carbonyl (C=O) groups is 1. The molecule has 0 aliphatic rings. The minimum Gasteiger partial charge on any atom is -0.497 e. The molecule has 2 aromatic carbocycles. The third-order valence-electron chi connectivity index (χ3n) is 3.58. The van der Waals surface area contributed by atoms with Crippen LogP contribution < -0.4 is 14.8 Å². The van der Waals surface area contributed by atoms with E-state index in [4.69, 9.17) is 9.47 Å². The van der Waals surface area contributed by atoms with Gasteiger partial charge in [0.05, 0.1) is 31.2 Å². The van der Waals surface area contributed by atoms with E-state index in [2.05, 4.69) is 21.2 Å². The molecule has 1 N–H and O–H groups in total. The van der Waals surface area contributed by atoms with Crippen molar-refractivity contribution in [3.63, 3.8) is 0 Å². The third kappa shape index (κ3) is 4.73. The highest BCUT2D eigenvalue weighted by Gasteiger charge is 2.12. The average molecular weight is 378 g/mol. The van der Waals surface area contributed by atoms with Crippen molar-refractivity contribution in [1.82, 2.24) is 5.32 Å². The summed E-state index contributed by atoms with van der Waals surface area (Å²) < 4.78 is 11.2. The monoisotopic (exact) mass is 377 g/mol. The van der Waals surface area contributed by atoms with Gasteiger partial charge in [0, 0.05) is 0 Å². The molecule has 2 aromatic rings. The van der Waals surface area contributed by atoms with Crippen LogP contribution >= 0.6 is 15.9 Å². The Morgan fingerprint density at radius 3 is 2.39 bits per heavy atom. The molecule has 1 amide bonds. The highest BCUT2D eigenvalue weighted by Crippen LogP contribution is 2.28. The normalized spacial score (nSPS) is 11.7. The Bertz CT molecular complexity index is 670. The van der Waals surface area contributed by atoms with E-state index in [1.165, 1.54) is 0 Å². The number of hydrogen-bond acceptors (Lipinski definition) is 3. The van der Waals surface area contributed by atoms with Gasteiger partial charge in [-0.15, -0.1) is 0 Å². The van der Waals surface area contributed by atoms with E-state index in [1.54, 1.807) is 14.2 Å². The number of amides is 1. The SMILES string of the molecule is COc1ccc(CC(=O)NC(C)c2ccc(OC)c(Br)c2)cc1. The van der Waals surface area contributed by atoms with Crippen LogP contribution in [0.4, 0.5) is 0 Å². The number of methoxy groups -OCH3 is 2. The van der Waals surface area contributed by atoms with Crippen LogP contribution in [0, 0.1) is 0 Å². The molecule has 122 valence electrons. The van der Waals surface area contributed by atoms with E-state index < -0.39 is 0 Å². The Morgan fingerprint density at radius 2 is 1.83 bits per heavy atom. The molecular weight excluding hydrogens is 358 g/mol. The summed E-state index contributed by atoms with van der Waals surface area (Å²) in [4.78, 5) is 12.2. The van der Waals surface area contributed by atoms with Crippen molar-refractivity contribution < 1.29 is 14.3 Å². The molecule has 23 heavy (non-hydrogen) atoms. The zero-order valence-corrected chi connectivity index (χ0v) is 15.0. The number of hydrogen-bond donors (Lipinski definition) is 1. The standard InChI is InChI=1S/C18H20BrNO3/c1-12(14-6-9-17(23-3)16(19)11-14)20-18(21)10-13-4-7-15(22-2)8-5-13/h4-9,11-12H,10H2,1-3H3,(H,20,21). The minimum atomic E-state index is -0.0806. The molecule has 0 aliphatic carbocycles. The van der Waals surface area contributed by atoms with Crippen LogP contribution in [0.5, 0.6) is 11.5 Å². The Morgan fingerprint density at radius 1 is 1.13 bits per heavy atom. The summed E-state index contributed by atoms with van der Waals surface area (Å²) in [5.74, 6) is 1.53. The topological polar surface area (TPSA) is 47.6 Å². The molecule has 0 aliphatic heterocycles. The molecule has 1 atom stereocenters. The maximum Gasteiger partial charge on any atom is 0.224 e. The molecule has 1 unspecified atom stereocenters. The van der Waals surface area contributed by atoms with E-state index in [1.807, 2.05) is 49.4 Å². The van der Waals surface area contributed by atoms with Gasteiger partial charge in [-0.3, -0.25) is 4.79 Å². The van der Waals surface area contributed by atoms with Crippen LogP contribution in [-0.2, 0) is 11.2 Å². The fraction of sp³-hybridized carbons (Fsp3) is 0.278. The Hall–Kier alpha value is -2.01. The summed E-state index contributed by atoms with van der Waals surface area (Å²) in [6.45, 7) is 1.96. The minimum absolute atomic E-state index is 0.0189. The van der Waals surface area contributed by atoms with Crippen LogP contribution in [0.1, 0.15) is 24.1 Å². The molecule has 0 bridgehead atoms. The zero-order valence-electron chi connectivity index (χ0n) is 13.4. The van der Waals surface area contributed by atoms with Gasteiger partial charge in [0.1, 0.15) is 11.5 Å². The van der Waals surface area contributed by atoms with Crippen LogP contribution in [0.2, 0.25) is 0 Å². The number of ether oxygens (including phenoxy) is 2. The van der Waals surface area contributed by atoms with Crippen molar-refractivity contribution in [3.05, 3.63) is 58.1 Å². The summed E-state index contributed by atoms with van der Waals surface area (Å²) in [6, 6.07) is 13.2. The fourth-order valence-corrected chi connectivity index (χ4v) is 2.81. The molecule has 4 nitrogen and oxygen atoms in total. The lowest BCUT2D eigenvalue weighted by Gasteiger charge is -2.16. The highest BCUT2D eigenvalue weighted by molar-refractivity contribution is 9.10. The largest absolute Gasteiger partial charge is 0.497 e. The van der Waals surface area contributed by atoms with E-state index >= 15 is 0 Å². The van der Waals surface area contributed by atoms with Gasteiger partial charge in [-0.2, -0.15) is 0 Å². The molecule has 0 saturated carbocycles. The van der Waals surface area contributed by atoms with E-state index in [0.29, 0.717) is 6.42 Å². The van der Waals surface area contributed by atoms with Gasteiger partial charge in [0.15, 0.2) is 0 Å². The van der Waals surface area contributed by atoms with Gasteiger partial charge >= 0.3 is 0 Å². The zero-order chi connectivity index (χ0) is 16.8. The lowest BCUT2D eigenvalue weighted by molar-refractivity contribution is -0.121. The first kappa shape index (κ1) is 17.3. The summed E-state index contributed by atoms with van der Waals surface area (Å²) in [5.41, 5.74) is 1.96. The highest BCUT2D eigenvalue weighted by atomic mass is 79.9. The third-order valence-corrected chi connectivity index (χ3v) is 4.20. The fourth-order valence-electron chi connectivity index (χ4n) is 2.26. The van der Waals surface area contributed by atoms with E-state index in [-0.39, 0.29) is 11.9 Å². The lowest BCUT2D eigenvalue weighted by Crippen LogP contribution is -2.28. The van der Waals surface area contributed by atoms with Crippen LogP contribution in [0.3, 0.4) is 0 Å². The molecule has 0 radical (unpaired) electrons. The average Bonchev–Trinajstić information content (AvgIpc) is 2.55. The summed E-state index contributed by atoms with van der Waals surface area (Å²) in [6.07, 6.45) is 0.339. The number of halogens is 1. The maximum atomic E-state index is 12.2. The molecule has 0 aromatic heterocycles. The summed E-state index contributed by atoms with van der Waals surface area (Å²) >= 11 is 3.46. The van der Waals surface area contributed by atoms with Crippen LogP contribution in [-0.4, -0.2) is 20.1 Å². The quantitative estimate of drug-likeness (QED) is 0.830. The Labute approximate surface area is 144 Å². The smallest absolute Gasteiger partial charge is 0.224 e. The number of nitrogens with one attached hydrogen (secondary N) is 1. The van der Waals surface area contributed by atoms with Gasteiger partial charge in [-0.1, -0.05) is 18.2 Å². The van der Waals surface area contributed by atoms with Crippen LogP contribution in [0.15, 0.2) is 46.9 Å². The number of rotatable bonds is 6. The molecular formula is C18H20BrNO3. The van der Waals surface area contributed by atoms with E-state index in [0.717, 1.165) is 27.1 Å². The first-order valence-corrected chi connectivity index (χ1v) is 8.08. The van der Waals surface area contributed by atoms with Crippen LogP contribution in [0.25, 0.3) is 0 Å². The number of benzene rings is 2. The van der Waals surface area contributed by atoms with Crippen molar-refractivity contribution in [2.45, 2.75) is 19.4 Å². The molecule has 2 rings (SSSR count). The second kappa shape index (κ2) is 8.02. The van der Waals surface area contributed by atoms with E-state index in [9.17, 15) is 4.79 Å². The second-order valence-corrected chi connectivity index (χ2v) is 6.06. The molecule has 0 saturated heterocycles. The maximum absolute atomic E-state index is 12.2. The molecule has 5 heteroatoms. The summed E-state index contributed by atoms with van der Waals surface area (Å²) in [7, 11) is 3.25. The molecule has 0 heterocycles. The Kier molecular flexibility index (Phi) is 6.04. The van der Waals surface area contributed by atoms with Gasteiger partial charge in [0.25, 0.3) is 0 Å². The first-order valence-electron chi connectivity index (χ1n) is 7.29. The van der Waals surface area contributed by atoms with Gasteiger partial charge in [0.2, 0.25) is 5.91 Å². The van der Waals surface area contributed by atoms with Crippen molar-refractivity contribution in [2.24, 2.45) is 0 Å². The van der Waals surface area contributed by atoms with Crippen molar-refractivity contribution in [1.29, 1.82) is 0 Å². The van der Waals surface area contributed by atoms with Crippen molar-refractivity contribution in [2.75, 3.05) is 14.2 Å². The van der Waals surface area contributed by atoms with Gasteiger partial charge in [-0.25, -0.2) is 0 Å². The Balaban J connectivity index is 1.97. The first-order chi connectivity index (χ1) is 11.0. The predicted octanol–water partition coefficient (Wildman–Crippen LogP) is 3.89. The number of carbonyl (C=O) groups excluding carboxylic acids is 1. The predicted molar refractivity (Wildman–Crippen MR) is 93.9 cm³/mol.